The normalized spacial score (nSPS) is 12.7. The van der Waals surface area contributed by atoms with E-state index in [0.717, 1.165) is 27.4 Å². The summed E-state index contributed by atoms with van der Waals surface area (Å²) in [5, 5.41) is 2.99. The largest absolute Gasteiger partial charge is 0.495 e. The maximum Gasteiger partial charge on any atom is 0.264 e. The van der Waals surface area contributed by atoms with Gasteiger partial charge in [-0.15, -0.1) is 0 Å². The Kier molecular flexibility index (Phi) is 10.9. The maximum absolute atomic E-state index is 14.2. The van der Waals surface area contributed by atoms with Gasteiger partial charge in [0, 0.05) is 12.6 Å². The second-order valence-electron chi connectivity index (χ2n) is 10.2. The van der Waals surface area contributed by atoms with Crippen molar-refractivity contribution in [1.82, 2.24) is 10.2 Å². The van der Waals surface area contributed by atoms with Crippen LogP contribution in [-0.4, -0.2) is 50.9 Å². The first-order valence-corrected chi connectivity index (χ1v) is 15.3. The van der Waals surface area contributed by atoms with Gasteiger partial charge < -0.3 is 15.0 Å². The summed E-state index contributed by atoms with van der Waals surface area (Å²) in [5.41, 5.74) is 2.96. The third-order valence-electron chi connectivity index (χ3n) is 7.07. The van der Waals surface area contributed by atoms with E-state index in [2.05, 4.69) is 5.32 Å². The Bertz CT molecular complexity index is 1430. The van der Waals surface area contributed by atoms with Crippen LogP contribution in [0.1, 0.15) is 50.3 Å². The van der Waals surface area contributed by atoms with Crippen LogP contribution >= 0.6 is 0 Å². The Morgan fingerprint density at radius 2 is 1.54 bits per heavy atom. The fourth-order valence-corrected chi connectivity index (χ4v) is 5.92. The van der Waals surface area contributed by atoms with Gasteiger partial charge in [-0.3, -0.25) is 13.9 Å². The first-order valence-electron chi connectivity index (χ1n) is 13.9. The van der Waals surface area contributed by atoms with Crippen molar-refractivity contribution in [1.29, 1.82) is 0 Å². The molecular formula is C32H41N3O5S. The first kappa shape index (κ1) is 31.7. The lowest BCUT2D eigenvalue weighted by Gasteiger charge is -2.34. The van der Waals surface area contributed by atoms with Crippen LogP contribution in [0.2, 0.25) is 0 Å². The van der Waals surface area contributed by atoms with Gasteiger partial charge in [0.05, 0.1) is 17.7 Å². The molecule has 3 aromatic rings. The monoisotopic (exact) mass is 579 g/mol. The van der Waals surface area contributed by atoms with Crippen LogP contribution in [0, 0.1) is 13.8 Å². The van der Waals surface area contributed by atoms with Crippen LogP contribution in [-0.2, 0) is 26.2 Å². The quantitative estimate of drug-likeness (QED) is 0.299. The van der Waals surface area contributed by atoms with Crippen molar-refractivity contribution < 1.29 is 22.7 Å². The zero-order valence-electron chi connectivity index (χ0n) is 24.8. The van der Waals surface area contributed by atoms with Gasteiger partial charge >= 0.3 is 0 Å². The van der Waals surface area contributed by atoms with E-state index in [1.54, 1.807) is 30.3 Å². The van der Waals surface area contributed by atoms with Gasteiger partial charge in [-0.2, -0.15) is 0 Å². The van der Waals surface area contributed by atoms with Crippen molar-refractivity contribution in [3.63, 3.8) is 0 Å². The SMILES string of the molecule is CC[C@H](C(=O)N[C@@H](C)CC)N(Cc1ccc(C)cc1)C(=O)CN(c1cc(C)ccc1OC)S(=O)(=O)c1ccccc1. The third kappa shape index (κ3) is 7.88. The lowest BCUT2D eigenvalue weighted by atomic mass is 10.1. The van der Waals surface area contributed by atoms with Gasteiger partial charge in [0.25, 0.3) is 10.0 Å². The van der Waals surface area contributed by atoms with E-state index in [-0.39, 0.29) is 29.1 Å². The fraction of sp³-hybridized carbons (Fsp3) is 0.375. The number of carbonyl (C=O) groups excluding carboxylic acids is 2. The molecular weight excluding hydrogens is 538 g/mol. The van der Waals surface area contributed by atoms with E-state index in [0.29, 0.717) is 12.2 Å². The van der Waals surface area contributed by atoms with Gasteiger partial charge in [-0.1, -0.05) is 67.9 Å². The highest BCUT2D eigenvalue weighted by Gasteiger charge is 2.35. The van der Waals surface area contributed by atoms with Crippen molar-refractivity contribution in [3.8, 4) is 5.75 Å². The molecule has 3 rings (SSSR count). The molecule has 3 aromatic carbocycles. The second kappa shape index (κ2) is 14.2. The summed E-state index contributed by atoms with van der Waals surface area (Å²) in [6.07, 6.45) is 1.10. The Morgan fingerprint density at radius 3 is 2.12 bits per heavy atom. The summed E-state index contributed by atoms with van der Waals surface area (Å²) in [5.74, 6) is -0.456. The smallest absolute Gasteiger partial charge is 0.264 e. The molecule has 9 heteroatoms. The number of sulfonamides is 1. The summed E-state index contributed by atoms with van der Waals surface area (Å²) in [4.78, 5) is 29.1. The minimum absolute atomic E-state index is 0.0444. The first-order chi connectivity index (χ1) is 19.5. The number of nitrogens with one attached hydrogen (secondary N) is 1. The van der Waals surface area contributed by atoms with Crippen LogP contribution in [0.3, 0.4) is 0 Å². The topological polar surface area (TPSA) is 96.0 Å². The highest BCUT2D eigenvalue weighted by molar-refractivity contribution is 7.92. The van der Waals surface area contributed by atoms with E-state index in [1.165, 1.54) is 24.1 Å². The van der Waals surface area contributed by atoms with Crippen LogP contribution < -0.4 is 14.4 Å². The summed E-state index contributed by atoms with van der Waals surface area (Å²) in [6.45, 7) is 9.18. The van der Waals surface area contributed by atoms with Gasteiger partial charge in [0.2, 0.25) is 11.8 Å². The van der Waals surface area contributed by atoms with Crippen LogP contribution in [0.5, 0.6) is 5.75 Å². The number of methoxy groups -OCH3 is 1. The Balaban J connectivity index is 2.11. The molecule has 0 aliphatic rings. The van der Waals surface area contributed by atoms with Gasteiger partial charge in [-0.25, -0.2) is 8.42 Å². The van der Waals surface area contributed by atoms with Crippen molar-refractivity contribution in [2.75, 3.05) is 18.0 Å². The number of amides is 2. The number of nitrogens with zero attached hydrogens (tertiary/aromatic N) is 2. The molecule has 220 valence electrons. The van der Waals surface area contributed by atoms with E-state index < -0.39 is 28.5 Å². The standard InChI is InChI=1S/C32H41N3O5S/c1-7-25(5)33-32(37)28(8-2)34(21-26-17-14-23(3)15-18-26)31(36)22-35(29-20-24(4)16-19-30(29)40-6)41(38,39)27-12-10-9-11-13-27/h9-20,25,28H,7-8,21-22H2,1-6H3,(H,33,37)/t25-,28+/m0/s1. The molecule has 0 aromatic heterocycles. The summed E-state index contributed by atoms with van der Waals surface area (Å²) >= 11 is 0. The Labute approximate surface area is 244 Å². The molecule has 2 amide bonds. The van der Waals surface area contributed by atoms with Crippen molar-refractivity contribution in [2.24, 2.45) is 0 Å². The van der Waals surface area contributed by atoms with Crippen molar-refractivity contribution in [2.45, 2.75) is 71.0 Å². The molecule has 0 bridgehead atoms. The minimum atomic E-state index is -4.18. The van der Waals surface area contributed by atoms with Gasteiger partial charge in [-0.05, 0) is 69.0 Å². The lowest BCUT2D eigenvalue weighted by Crippen LogP contribution is -2.53. The lowest BCUT2D eigenvalue weighted by molar-refractivity contribution is -0.140. The Hall–Kier alpha value is -3.85. The number of ether oxygens (including phenoxy) is 1. The molecule has 0 saturated carbocycles. The molecule has 0 heterocycles. The maximum atomic E-state index is 14.2. The number of rotatable bonds is 13. The second-order valence-corrected chi connectivity index (χ2v) is 12.1. The number of hydrogen-bond acceptors (Lipinski definition) is 5. The summed E-state index contributed by atoms with van der Waals surface area (Å²) in [6, 6.07) is 20.0. The zero-order valence-corrected chi connectivity index (χ0v) is 25.6. The van der Waals surface area contributed by atoms with Gasteiger partial charge in [0.15, 0.2) is 0 Å². The van der Waals surface area contributed by atoms with Crippen molar-refractivity contribution in [3.05, 3.63) is 89.5 Å². The number of hydrogen-bond donors (Lipinski definition) is 1. The molecule has 2 atom stereocenters. The molecule has 0 saturated heterocycles. The molecule has 0 aliphatic heterocycles. The van der Waals surface area contributed by atoms with E-state index in [1.807, 2.05) is 65.0 Å². The van der Waals surface area contributed by atoms with Crippen LogP contribution in [0.4, 0.5) is 5.69 Å². The van der Waals surface area contributed by atoms with E-state index in [9.17, 15) is 18.0 Å². The number of benzene rings is 3. The van der Waals surface area contributed by atoms with Crippen molar-refractivity contribution >= 4 is 27.5 Å². The van der Waals surface area contributed by atoms with E-state index in [4.69, 9.17) is 4.74 Å². The predicted molar refractivity (Wildman–Crippen MR) is 162 cm³/mol. The zero-order chi connectivity index (χ0) is 30.2. The average Bonchev–Trinajstić information content (AvgIpc) is 2.96. The number of carbonyl (C=O) groups is 2. The minimum Gasteiger partial charge on any atom is -0.495 e. The Morgan fingerprint density at radius 1 is 0.902 bits per heavy atom. The molecule has 0 aliphatic carbocycles. The predicted octanol–water partition coefficient (Wildman–Crippen LogP) is 5.23. The highest BCUT2D eigenvalue weighted by Crippen LogP contribution is 2.33. The number of aryl methyl sites for hydroxylation is 2. The molecule has 1 N–H and O–H groups in total. The summed E-state index contributed by atoms with van der Waals surface area (Å²) in [7, 11) is -2.72. The molecule has 0 fully saturated rings. The van der Waals surface area contributed by atoms with Crippen LogP contribution in [0.15, 0.2) is 77.7 Å². The van der Waals surface area contributed by atoms with Crippen LogP contribution in [0.25, 0.3) is 0 Å². The molecule has 0 spiro atoms. The fourth-order valence-electron chi connectivity index (χ4n) is 4.48. The molecule has 0 radical (unpaired) electrons. The molecule has 0 unspecified atom stereocenters. The van der Waals surface area contributed by atoms with Gasteiger partial charge in [0.1, 0.15) is 18.3 Å². The summed E-state index contributed by atoms with van der Waals surface area (Å²) < 4.78 is 34.7. The molecule has 8 nitrogen and oxygen atoms in total. The average molecular weight is 580 g/mol. The number of anilines is 1. The molecule has 41 heavy (non-hydrogen) atoms. The highest BCUT2D eigenvalue weighted by atomic mass is 32.2. The third-order valence-corrected chi connectivity index (χ3v) is 8.85. The van der Waals surface area contributed by atoms with E-state index >= 15 is 0 Å².